The third-order valence-electron chi connectivity index (χ3n) is 2.36. The van der Waals surface area contributed by atoms with Crippen molar-refractivity contribution in [3.8, 4) is 0 Å². The van der Waals surface area contributed by atoms with E-state index in [0.29, 0.717) is 6.29 Å². The topological polar surface area (TPSA) is 43.4 Å². The minimum absolute atomic E-state index is 0.508. The van der Waals surface area contributed by atoms with Crippen LogP contribution in [0.5, 0.6) is 0 Å². The van der Waals surface area contributed by atoms with Crippen LogP contribution in [0.4, 0.5) is 0 Å². The predicted octanol–water partition coefficient (Wildman–Crippen LogP) is 1.70. The van der Waals surface area contributed by atoms with E-state index in [1.165, 1.54) is 7.11 Å². The lowest BCUT2D eigenvalue weighted by molar-refractivity contribution is -0.143. The van der Waals surface area contributed by atoms with Crippen LogP contribution in [-0.2, 0) is 20.7 Å². The number of ether oxygens (including phenoxy) is 1. The lowest BCUT2D eigenvalue weighted by atomic mass is 9.94. The van der Waals surface area contributed by atoms with Crippen molar-refractivity contribution in [2.24, 2.45) is 0 Å². The highest BCUT2D eigenvalue weighted by molar-refractivity contribution is 5.94. The molecule has 15 heavy (non-hydrogen) atoms. The Balaban J connectivity index is 3.11. The largest absolute Gasteiger partial charge is 0.468 e. The molecule has 0 N–H and O–H groups in total. The number of rotatable bonds is 4. The number of carbonyl (C=O) groups is 2. The summed E-state index contributed by atoms with van der Waals surface area (Å²) in [6, 6.07) is 7.40. The van der Waals surface area contributed by atoms with Crippen molar-refractivity contribution in [3.05, 3.63) is 35.4 Å². The van der Waals surface area contributed by atoms with Crippen LogP contribution in [0.3, 0.4) is 0 Å². The van der Waals surface area contributed by atoms with E-state index in [-0.39, 0.29) is 0 Å². The molecule has 0 aliphatic carbocycles. The average molecular weight is 206 g/mol. The number of aryl methyl sites for hydroxylation is 1. The molecule has 0 fully saturated rings. The number of carbonyl (C=O) groups excluding carboxylic acids is 2. The van der Waals surface area contributed by atoms with E-state index in [1.807, 2.05) is 25.1 Å². The molecule has 0 aliphatic rings. The summed E-state index contributed by atoms with van der Waals surface area (Å²) in [5, 5.41) is 0. The first-order valence-electron chi connectivity index (χ1n) is 4.85. The van der Waals surface area contributed by atoms with Gasteiger partial charge in [0.05, 0.1) is 7.11 Å². The Hall–Kier alpha value is -1.64. The second-order valence-electron chi connectivity index (χ2n) is 3.19. The van der Waals surface area contributed by atoms with Gasteiger partial charge in [0, 0.05) is 0 Å². The van der Waals surface area contributed by atoms with Gasteiger partial charge in [0.2, 0.25) is 0 Å². The van der Waals surface area contributed by atoms with E-state index in [1.54, 1.807) is 6.07 Å². The fraction of sp³-hybridized carbons (Fsp3) is 0.333. The summed E-state index contributed by atoms with van der Waals surface area (Å²) in [5.74, 6) is -1.31. The zero-order valence-electron chi connectivity index (χ0n) is 8.90. The van der Waals surface area contributed by atoms with Crippen LogP contribution >= 0.6 is 0 Å². The quantitative estimate of drug-likeness (QED) is 0.428. The normalized spacial score (nSPS) is 11.9. The fourth-order valence-corrected chi connectivity index (χ4v) is 1.54. The molecule has 3 nitrogen and oxygen atoms in total. The summed E-state index contributed by atoms with van der Waals surface area (Å²) in [6.45, 7) is 1.98. The first-order valence-corrected chi connectivity index (χ1v) is 4.85. The molecule has 80 valence electrons. The summed E-state index contributed by atoms with van der Waals surface area (Å²) in [7, 11) is 1.29. The van der Waals surface area contributed by atoms with E-state index in [2.05, 4.69) is 4.74 Å². The van der Waals surface area contributed by atoms with Crippen LogP contribution in [0, 0.1) is 0 Å². The number of hydrogen-bond donors (Lipinski definition) is 0. The van der Waals surface area contributed by atoms with Crippen molar-refractivity contribution in [1.29, 1.82) is 0 Å². The Labute approximate surface area is 89.1 Å². The second-order valence-corrected chi connectivity index (χ2v) is 3.19. The maximum absolute atomic E-state index is 11.4. The molecule has 3 heteroatoms. The molecular weight excluding hydrogens is 192 g/mol. The van der Waals surface area contributed by atoms with E-state index in [0.717, 1.165) is 17.5 Å². The third kappa shape index (κ3) is 2.43. The SMILES string of the molecule is CCc1ccccc1C(C=O)C(=O)OC. The van der Waals surface area contributed by atoms with Crippen molar-refractivity contribution < 1.29 is 14.3 Å². The van der Waals surface area contributed by atoms with Crippen LogP contribution < -0.4 is 0 Å². The van der Waals surface area contributed by atoms with E-state index in [9.17, 15) is 9.59 Å². The van der Waals surface area contributed by atoms with Crippen molar-refractivity contribution in [3.63, 3.8) is 0 Å². The van der Waals surface area contributed by atoms with Gasteiger partial charge in [-0.3, -0.25) is 4.79 Å². The van der Waals surface area contributed by atoms with Gasteiger partial charge in [-0.1, -0.05) is 31.2 Å². The number of benzene rings is 1. The molecule has 1 rings (SSSR count). The second kappa shape index (κ2) is 5.29. The molecule has 0 spiro atoms. The van der Waals surface area contributed by atoms with Gasteiger partial charge in [0.25, 0.3) is 0 Å². The van der Waals surface area contributed by atoms with Gasteiger partial charge in [-0.05, 0) is 17.5 Å². The molecule has 0 saturated carbocycles. The van der Waals surface area contributed by atoms with Gasteiger partial charge in [0.1, 0.15) is 12.2 Å². The van der Waals surface area contributed by atoms with Crippen molar-refractivity contribution >= 4 is 12.3 Å². The minimum Gasteiger partial charge on any atom is -0.468 e. The van der Waals surface area contributed by atoms with Crippen LogP contribution in [0.1, 0.15) is 24.0 Å². The molecule has 0 saturated heterocycles. The average Bonchev–Trinajstić information content (AvgIpc) is 2.30. The zero-order valence-corrected chi connectivity index (χ0v) is 8.90. The first kappa shape index (κ1) is 11.4. The zero-order chi connectivity index (χ0) is 11.3. The van der Waals surface area contributed by atoms with Gasteiger partial charge in [-0.2, -0.15) is 0 Å². The molecule has 0 aromatic heterocycles. The molecule has 1 aromatic rings. The Morgan fingerprint density at radius 2 is 2.13 bits per heavy atom. The lowest BCUT2D eigenvalue weighted by Gasteiger charge is -2.12. The van der Waals surface area contributed by atoms with Gasteiger partial charge >= 0.3 is 5.97 Å². The molecule has 1 aromatic carbocycles. The lowest BCUT2D eigenvalue weighted by Crippen LogP contribution is -2.17. The molecule has 0 radical (unpaired) electrons. The Bertz CT molecular complexity index is 358. The number of methoxy groups -OCH3 is 1. The monoisotopic (exact) mass is 206 g/mol. The smallest absolute Gasteiger partial charge is 0.320 e. The minimum atomic E-state index is -0.800. The third-order valence-corrected chi connectivity index (χ3v) is 2.36. The van der Waals surface area contributed by atoms with Gasteiger partial charge in [-0.15, -0.1) is 0 Å². The van der Waals surface area contributed by atoms with Gasteiger partial charge in [-0.25, -0.2) is 0 Å². The summed E-state index contributed by atoms with van der Waals surface area (Å²) >= 11 is 0. The molecule has 0 aliphatic heterocycles. The van der Waals surface area contributed by atoms with Crippen LogP contribution in [0.15, 0.2) is 24.3 Å². The van der Waals surface area contributed by atoms with Gasteiger partial charge < -0.3 is 9.53 Å². The van der Waals surface area contributed by atoms with E-state index in [4.69, 9.17) is 0 Å². The highest BCUT2D eigenvalue weighted by Crippen LogP contribution is 2.20. The van der Waals surface area contributed by atoms with E-state index >= 15 is 0 Å². The van der Waals surface area contributed by atoms with Crippen LogP contribution in [0.2, 0.25) is 0 Å². The maximum Gasteiger partial charge on any atom is 0.320 e. The standard InChI is InChI=1S/C12H14O3/c1-3-9-6-4-5-7-10(9)11(8-13)12(14)15-2/h4-8,11H,3H2,1-2H3. The van der Waals surface area contributed by atoms with Gasteiger partial charge in [0.15, 0.2) is 0 Å². The molecular formula is C12H14O3. The van der Waals surface area contributed by atoms with E-state index < -0.39 is 11.9 Å². The number of aldehydes is 1. The molecule has 1 unspecified atom stereocenters. The highest BCUT2D eigenvalue weighted by atomic mass is 16.5. The maximum atomic E-state index is 11.4. The fourth-order valence-electron chi connectivity index (χ4n) is 1.54. The van der Waals surface area contributed by atoms with Crippen LogP contribution in [0.25, 0.3) is 0 Å². The Kier molecular flexibility index (Phi) is 4.03. The van der Waals surface area contributed by atoms with Crippen molar-refractivity contribution in [2.45, 2.75) is 19.3 Å². The number of hydrogen-bond acceptors (Lipinski definition) is 3. The summed E-state index contributed by atoms with van der Waals surface area (Å²) < 4.78 is 4.59. The molecule has 0 amide bonds. The van der Waals surface area contributed by atoms with Crippen molar-refractivity contribution in [1.82, 2.24) is 0 Å². The predicted molar refractivity (Wildman–Crippen MR) is 56.6 cm³/mol. The van der Waals surface area contributed by atoms with Crippen molar-refractivity contribution in [2.75, 3.05) is 7.11 Å². The first-order chi connectivity index (χ1) is 7.24. The van der Waals surface area contributed by atoms with Crippen LogP contribution in [-0.4, -0.2) is 19.4 Å². The summed E-state index contributed by atoms with van der Waals surface area (Å²) in [5.41, 5.74) is 1.74. The number of esters is 1. The molecule has 0 heterocycles. The molecule has 0 bridgehead atoms. The Morgan fingerprint density at radius 1 is 1.47 bits per heavy atom. The molecule has 1 atom stereocenters. The summed E-state index contributed by atoms with van der Waals surface area (Å²) in [4.78, 5) is 22.2. The highest BCUT2D eigenvalue weighted by Gasteiger charge is 2.22. The summed E-state index contributed by atoms with van der Waals surface area (Å²) in [6.07, 6.45) is 1.41. The Morgan fingerprint density at radius 3 is 2.67 bits per heavy atom.